The predicted octanol–water partition coefficient (Wildman–Crippen LogP) is 5.17. The van der Waals surface area contributed by atoms with E-state index in [1.54, 1.807) is 61.5 Å². The van der Waals surface area contributed by atoms with Gasteiger partial charge in [0.05, 0.1) is 43.8 Å². The fourth-order valence-electron chi connectivity index (χ4n) is 5.90. The van der Waals surface area contributed by atoms with E-state index in [1.807, 2.05) is 6.07 Å². The van der Waals surface area contributed by atoms with Crippen molar-refractivity contribution in [2.75, 3.05) is 6.61 Å². The van der Waals surface area contributed by atoms with E-state index in [-0.39, 0.29) is 37.6 Å². The van der Waals surface area contributed by atoms with Crippen molar-refractivity contribution in [2.45, 2.75) is 17.9 Å². The number of halogens is 1. The maximum Gasteiger partial charge on any atom is 0.338 e. The zero-order valence-corrected chi connectivity index (χ0v) is 27.7. The van der Waals surface area contributed by atoms with Gasteiger partial charge in [-0.15, -0.1) is 0 Å². The molecule has 0 N–H and O–H groups in total. The Kier molecular flexibility index (Phi) is 8.33. The summed E-state index contributed by atoms with van der Waals surface area (Å²) in [4.78, 5) is 43.5. The van der Waals surface area contributed by atoms with Crippen LogP contribution in [0.15, 0.2) is 130 Å². The van der Waals surface area contributed by atoms with E-state index in [9.17, 15) is 32.5 Å². The van der Waals surface area contributed by atoms with Crippen molar-refractivity contribution in [1.82, 2.24) is 8.54 Å². The second-order valence-electron chi connectivity index (χ2n) is 11.1. The largest absolute Gasteiger partial charge is 0.463 e. The van der Waals surface area contributed by atoms with Crippen LogP contribution in [0.25, 0.3) is 22.7 Å². The summed E-state index contributed by atoms with van der Waals surface area (Å²) in [5.41, 5.74) is 1.23. The summed E-state index contributed by atoms with van der Waals surface area (Å²) >= 11 is 1.04. The molecule has 0 spiro atoms. The Morgan fingerprint density at radius 1 is 1.02 bits per heavy atom. The zero-order chi connectivity index (χ0) is 35.2. The van der Waals surface area contributed by atoms with Gasteiger partial charge in [-0.3, -0.25) is 19.5 Å². The number of thiazole rings is 1. The first-order chi connectivity index (χ1) is 24.1. The third-order valence-corrected chi connectivity index (χ3v) is 10.8. The molecule has 1 atom stereocenters. The second kappa shape index (κ2) is 12.8. The smallest absolute Gasteiger partial charge is 0.338 e. The summed E-state index contributed by atoms with van der Waals surface area (Å²) in [6.45, 7) is 1.73. The average Bonchev–Trinajstić information content (AvgIpc) is 3.65. The number of rotatable bonds is 8. The normalized spacial score (nSPS) is 14.8. The van der Waals surface area contributed by atoms with Crippen LogP contribution in [0.4, 0.5) is 10.1 Å². The summed E-state index contributed by atoms with van der Waals surface area (Å²) < 4.78 is 49.8. The number of hydrogen-bond acceptors (Lipinski definition) is 9. The van der Waals surface area contributed by atoms with Gasteiger partial charge >= 0.3 is 5.97 Å². The number of fused-ring (bicyclic) bond motifs is 2. The van der Waals surface area contributed by atoms with Crippen LogP contribution in [0, 0.1) is 15.9 Å². The van der Waals surface area contributed by atoms with Gasteiger partial charge in [0.25, 0.3) is 21.3 Å². The van der Waals surface area contributed by atoms with Crippen LogP contribution >= 0.6 is 11.3 Å². The Morgan fingerprint density at radius 3 is 2.46 bits per heavy atom. The van der Waals surface area contributed by atoms with Crippen molar-refractivity contribution in [3.05, 3.63) is 167 Å². The van der Waals surface area contributed by atoms with Crippen LogP contribution in [0.2, 0.25) is 0 Å². The Hall–Kier alpha value is -5.99. The van der Waals surface area contributed by atoms with Crippen LogP contribution in [0.5, 0.6) is 0 Å². The Bertz CT molecular complexity index is 2660. The van der Waals surface area contributed by atoms with Crippen molar-refractivity contribution in [3.63, 3.8) is 0 Å². The zero-order valence-electron chi connectivity index (χ0n) is 26.1. The number of esters is 1. The first-order valence-corrected chi connectivity index (χ1v) is 17.5. The Morgan fingerprint density at radius 2 is 1.74 bits per heavy atom. The Labute approximate surface area is 287 Å². The maximum atomic E-state index is 14.3. The fraction of sp³-hybridized carbons (Fsp3) is 0.0833. The summed E-state index contributed by atoms with van der Waals surface area (Å²) in [7, 11) is -4.31. The molecule has 7 rings (SSSR count). The molecule has 2 aromatic heterocycles. The molecule has 0 saturated carbocycles. The van der Waals surface area contributed by atoms with Gasteiger partial charge in [0.15, 0.2) is 4.80 Å². The number of aromatic nitrogens is 2. The number of nitro groups is 1. The molecule has 250 valence electrons. The monoisotopic (exact) mass is 708 g/mol. The number of non-ortho nitro benzene ring substituents is 1. The SMILES string of the molecule is CCOC(=O)C1=C(c2ccccc2)N=c2s/c(=C\c3cn(S(=O)(=O)c4cccc([N+](=O)[O-])c4)c4ccccc34)c(=O)n2[C@H]1c1ccc(F)cc1. The molecule has 0 bridgehead atoms. The lowest BCUT2D eigenvalue weighted by atomic mass is 9.93. The number of hydrogen-bond donors (Lipinski definition) is 0. The molecule has 1 aliphatic rings. The van der Waals surface area contributed by atoms with Crippen LogP contribution in [-0.2, 0) is 19.6 Å². The van der Waals surface area contributed by atoms with Crippen molar-refractivity contribution < 1.29 is 27.3 Å². The van der Waals surface area contributed by atoms with Gasteiger partial charge < -0.3 is 4.74 Å². The van der Waals surface area contributed by atoms with E-state index >= 15 is 0 Å². The lowest BCUT2D eigenvalue weighted by Gasteiger charge is -2.25. The maximum absolute atomic E-state index is 14.3. The molecule has 0 fully saturated rings. The van der Waals surface area contributed by atoms with Crippen molar-refractivity contribution in [1.29, 1.82) is 0 Å². The van der Waals surface area contributed by atoms with Gasteiger partial charge in [0.2, 0.25) is 0 Å². The van der Waals surface area contributed by atoms with E-state index in [1.165, 1.54) is 53.2 Å². The van der Waals surface area contributed by atoms with Crippen molar-refractivity contribution in [2.24, 2.45) is 4.99 Å². The first-order valence-electron chi connectivity index (χ1n) is 15.2. The molecule has 14 heteroatoms. The molecule has 11 nitrogen and oxygen atoms in total. The molecule has 0 radical (unpaired) electrons. The molecule has 50 heavy (non-hydrogen) atoms. The van der Waals surface area contributed by atoms with E-state index in [4.69, 9.17) is 9.73 Å². The third-order valence-electron chi connectivity index (χ3n) is 8.14. The van der Waals surface area contributed by atoms with Gasteiger partial charge in [-0.2, -0.15) is 0 Å². The highest BCUT2D eigenvalue weighted by Gasteiger charge is 2.35. The first kappa shape index (κ1) is 32.6. The predicted molar refractivity (Wildman–Crippen MR) is 185 cm³/mol. The second-order valence-corrected chi connectivity index (χ2v) is 14.0. The highest BCUT2D eigenvalue weighted by Crippen LogP contribution is 2.35. The van der Waals surface area contributed by atoms with Crippen molar-refractivity contribution in [3.8, 4) is 0 Å². The number of ether oxygens (including phenoxy) is 1. The van der Waals surface area contributed by atoms with E-state index in [0.717, 1.165) is 21.4 Å². The third kappa shape index (κ3) is 5.63. The van der Waals surface area contributed by atoms with Crippen LogP contribution in [-0.4, -0.2) is 34.5 Å². The average molecular weight is 709 g/mol. The molecule has 0 unspecified atom stereocenters. The number of nitro benzene ring substituents is 1. The van der Waals surface area contributed by atoms with Gasteiger partial charge in [0, 0.05) is 34.8 Å². The number of benzene rings is 4. The molecule has 1 aliphatic heterocycles. The molecular weight excluding hydrogens is 684 g/mol. The Balaban J connectivity index is 1.47. The van der Waals surface area contributed by atoms with Crippen LogP contribution in [0.3, 0.4) is 0 Å². The number of para-hydroxylation sites is 1. The summed E-state index contributed by atoms with van der Waals surface area (Å²) in [6, 6.07) is 24.8. The minimum Gasteiger partial charge on any atom is -0.463 e. The summed E-state index contributed by atoms with van der Waals surface area (Å²) in [6.07, 6.45) is 2.90. The van der Waals surface area contributed by atoms with E-state index in [2.05, 4.69) is 0 Å². The number of carbonyl (C=O) groups excluding carboxylic acids is 1. The van der Waals surface area contributed by atoms with Crippen molar-refractivity contribution >= 4 is 55.7 Å². The van der Waals surface area contributed by atoms with Crippen LogP contribution < -0.4 is 14.9 Å². The molecule has 3 heterocycles. The number of carbonyl (C=O) groups is 1. The minimum atomic E-state index is -4.31. The van der Waals surface area contributed by atoms with Gasteiger partial charge in [-0.25, -0.2) is 26.6 Å². The molecule has 4 aromatic carbocycles. The molecule has 0 amide bonds. The highest BCUT2D eigenvalue weighted by molar-refractivity contribution is 7.90. The van der Waals surface area contributed by atoms with Gasteiger partial charge in [0.1, 0.15) is 5.82 Å². The molecular formula is C36H25FN4O7S2. The quantitative estimate of drug-likeness (QED) is 0.121. The van der Waals surface area contributed by atoms with E-state index in [0.29, 0.717) is 27.8 Å². The molecule has 6 aromatic rings. The minimum absolute atomic E-state index is 0.0638. The lowest BCUT2D eigenvalue weighted by molar-refractivity contribution is -0.385. The standard InChI is InChI=1S/C36H25FN4O7S2/c1-2-48-35(43)31-32(22-9-4-3-5-10-22)38-36-40(33(31)23-15-17-25(37)18-16-23)34(42)30(49-36)19-24-21-39(29-14-7-6-13-28(24)29)50(46,47)27-12-8-11-26(20-27)41(44)45/h3-21,33H,2H2,1H3/b30-19-/t33-/m0/s1. The molecule has 0 saturated heterocycles. The highest BCUT2D eigenvalue weighted by atomic mass is 32.2. The summed E-state index contributed by atoms with van der Waals surface area (Å²) in [5, 5.41) is 11.9. The number of nitrogens with zero attached hydrogens (tertiary/aromatic N) is 4. The fourth-order valence-corrected chi connectivity index (χ4v) is 8.31. The lowest BCUT2D eigenvalue weighted by Crippen LogP contribution is -2.40. The van der Waals surface area contributed by atoms with E-state index < -0.39 is 38.3 Å². The summed E-state index contributed by atoms with van der Waals surface area (Å²) in [5.74, 6) is -1.18. The van der Waals surface area contributed by atoms with Gasteiger partial charge in [-0.05, 0) is 42.8 Å². The van der Waals surface area contributed by atoms with Gasteiger partial charge in [-0.1, -0.05) is 78.1 Å². The topological polar surface area (TPSA) is 143 Å². The van der Waals surface area contributed by atoms with Crippen LogP contribution in [0.1, 0.15) is 29.7 Å². The molecule has 0 aliphatic carbocycles.